The van der Waals surface area contributed by atoms with Gasteiger partial charge in [0.2, 0.25) is 5.91 Å². The molecule has 1 saturated heterocycles. The van der Waals surface area contributed by atoms with Crippen LogP contribution in [-0.2, 0) is 16.0 Å². The number of aromatic nitrogens is 1. The molecule has 1 aliphatic rings. The minimum atomic E-state index is -0.0119. The smallest absolute Gasteiger partial charge is 0.228 e. The van der Waals surface area contributed by atoms with E-state index in [4.69, 9.17) is 9.72 Å². The number of carbonyl (C=O) groups is 1. The lowest BCUT2D eigenvalue weighted by Gasteiger charge is -2.28. The summed E-state index contributed by atoms with van der Waals surface area (Å²) in [5, 5.41) is 3.05. The molecule has 138 valence electrons. The number of ether oxygens (including phenoxy) is 1. The number of rotatable bonds is 4. The molecule has 0 atom stereocenters. The summed E-state index contributed by atoms with van der Waals surface area (Å²) >= 11 is 0. The molecule has 1 aromatic heterocycles. The Morgan fingerprint density at radius 3 is 2.35 bits per heavy atom. The average Bonchev–Trinajstić information content (AvgIpc) is 2.58. The highest BCUT2D eigenvalue weighted by atomic mass is 16.5. The Morgan fingerprint density at radius 2 is 1.73 bits per heavy atom. The van der Waals surface area contributed by atoms with Gasteiger partial charge in [0.05, 0.1) is 31.0 Å². The first-order valence-electron chi connectivity index (χ1n) is 9.10. The summed E-state index contributed by atoms with van der Waals surface area (Å²) in [6.07, 6.45) is 0.368. The van der Waals surface area contributed by atoms with E-state index in [0.29, 0.717) is 6.42 Å². The summed E-state index contributed by atoms with van der Waals surface area (Å²) in [6.45, 7) is 11.2. The van der Waals surface area contributed by atoms with Gasteiger partial charge in [-0.2, -0.15) is 0 Å². The second kappa shape index (κ2) is 7.87. The van der Waals surface area contributed by atoms with Crippen molar-refractivity contribution >= 4 is 17.4 Å². The highest BCUT2D eigenvalue weighted by Gasteiger charge is 2.16. The summed E-state index contributed by atoms with van der Waals surface area (Å²) in [5.74, 6) is 0.942. The van der Waals surface area contributed by atoms with Crippen molar-refractivity contribution in [3.63, 3.8) is 0 Å². The fourth-order valence-corrected chi connectivity index (χ4v) is 3.49. The van der Waals surface area contributed by atoms with Gasteiger partial charge in [-0.25, -0.2) is 4.98 Å². The lowest BCUT2D eigenvalue weighted by molar-refractivity contribution is -0.115. The van der Waals surface area contributed by atoms with E-state index in [1.165, 1.54) is 11.1 Å². The van der Waals surface area contributed by atoms with Crippen LogP contribution in [0.2, 0.25) is 0 Å². The van der Waals surface area contributed by atoms with E-state index in [9.17, 15) is 4.79 Å². The zero-order valence-electron chi connectivity index (χ0n) is 16.1. The molecule has 0 bridgehead atoms. The number of benzene rings is 1. The molecule has 2 aromatic rings. The Morgan fingerprint density at radius 1 is 1.08 bits per heavy atom. The number of hydrogen-bond donors (Lipinski definition) is 1. The van der Waals surface area contributed by atoms with Gasteiger partial charge in [-0.3, -0.25) is 4.79 Å². The standard InChI is InChI=1S/C21H27N3O2/c1-14-9-15(2)11-18(10-14)13-20(25)23-21-16(3)12-19(22-17(21)4)24-5-7-26-8-6-24/h9-12H,5-8,13H2,1-4H3,(H,23,25). The number of pyridine rings is 1. The third-order valence-corrected chi connectivity index (χ3v) is 4.63. The number of nitrogens with one attached hydrogen (secondary N) is 1. The van der Waals surface area contributed by atoms with Gasteiger partial charge in [0, 0.05) is 13.1 Å². The number of morpholine rings is 1. The van der Waals surface area contributed by atoms with Crippen molar-refractivity contribution < 1.29 is 9.53 Å². The zero-order valence-corrected chi connectivity index (χ0v) is 16.1. The fraction of sp³-hybridized carbons (Fsp3) is 0.429. The van der Waals surface area contributed by atoms with Crippen LogP contribution < -0.4 is 10.2 Å². The molecule has 5 heteroatoms. The van der Waals surface area contributed by atoms with Crippen LogP contribution in [0, 0.1) is 27.7 Å². The van der Waals surface area contributed by atoms with Crippen LogP contribution in [0.5, 0.6) is 0 Å². The highest BCUT2D eigenvalue weighted by Crippen LogP contribution is 2.24. The SMILES string of the molecule is Cc1cc(C)cc(CC(=O)Nc2c(C)cc(N3CCOCC3)nc2C)c1. The first-order valence-corrected chi connectivity index (χ1v) is 9.10. The summed E-state index contributed by atoms with van der Waals surface area (Å²) in [7, 11) is 0. The predicted octanol–water partition coefficient (Wildman–Crippen LogP) is 3.33. The molecule has 1 amide bonds. The van der Waals surface area contributed by atoms with Gasteiger partial charge >= 0.3 is 0 Å². The maximum absolute atomic E-state index is 12.5. The van der Waals surface area contributed by atoms with Crippen LogP contribution in [0.4, 0.5) is 11.5 Å². The molecule has 26 heavy (non-hydrogen) atoms. The summed E-state index contributed by atoms with van der Waals surface area (Å²) in [6, 6.07) is 8.28. The van der Waals surface area contributed by atoms with E-state index in [1.54, 1.807) is 0 Å². The number of hydrogen-bond acceptors (Lipinski definition) is 4. The summed E-state index contributed by atoms with van der Waals surface area (Å²) in [4.78, 5) is 19.5. The molecule has 0 aliphatic carbocycles. The molecule has 0 saturated carbocycles. The van der Waals surface area contributed by atoms with E-state index in [2.05, 4.69) is 42.3 Å². The molecule has 3 rings (SSSR count). The predicted molar refractivity (Wildman–Crippen MR) is 105 cm³/mol. The van der Waals surface area contributed by atoms with Crippen molar-refractivity contribution in [2.45, 2.75) is 34.1 Å². The molecule has 0 spiro atoms. The summed E-state index contributed by atoms with van der Waals surface area (Å²) < 4.78 is 5.40. The molecule has 1 fully saturated rings. The third-order valence-electron chi connectivity index (χ3n) is 4.63. The van der Waals surface area contributed by atoms with E-state index in [-0.39, 0.29) is 5.91 Å². The number of anilines is 2. The molecule has 0 unspecified atom stereocenters. The van der Waals surface area contributed by atoms with Gasteiger partial charge in [0.1, 0.15) is 5.82 Å². The summed E-state index contributed by atoms with van der Waals surface area (Å²) in [5.41, 5.74) is 6.09. The Bertz CT molecular complexity index is 768. The minimum absolute atomic E-state index is 0.0119. The van der Waals surface area contributed by atoms with Crippen LogP contribution in [0.15, 0.2) is 24.3 Å². The number of carbonyl (C=O) groups excluding carboxylic acids is 1. The Kier molecular flexibility index (Phi) is 5.57. The van der Waals surface area contributed by atoms with Gasteiger partial charge in [0.25, 0.3) is 0 Å². The maximum atomic E-state index is 12.5. The number of aryl methyl sites for hydroxylation is 4. The van der Waals surface area contributed by atoms with Gasteiger partial charge in [-0.1, -0.05) is 29.3 Å². The third kappa shape index (κ3) is 4.41. The number of nitrogens with zero attached hydrogens (tertiary/aromatic N) is 2. The largest absolute Gasteiger partial charge is 0.378 e. The van der Waals surface area contributed by atoms with Gasteiger partial charge in [-0.15, -0.1) is 0 Å². The Hall–Kier alpha value is -2.40. The normalized spacial score (nSPS) is 14.4. The first kappa shape index (κ1) is 18.4. The van der Waals surface area contributed by atoms with Crippen molar-refractivity contribution in [3.05, 3.63) is 52.2 Å². The molecule has 5 nitrogen and oxygen atoms in total. The molecule has 1 aromatic carbocycles. The molecule has 1 N–H and O–H groups in total. The molecular weight excluding hydrogens is 326 g/mol. The average molecular weight is 353 g/mol. The topological polar surface area (TPSA) is 54.5 Å². The minimum Gasteiger partial charge on any atom is -0.378 e. The van der Waals surface area contributed by atoms with Crippen LogP contribution >= 0.6 is 0 Å². The van der Waals surface area contributed by atoms with E-state index < -0.39 is 0 Å². The lowest BCUT2D eigenvalue weighted by Crippen LogP contribution is -2.37. The van der Waals surface area contributed by atoms with E-state index >= 15 is 0 Å². The zero-order chi connectivity index (χ0) is 18.7. The molecule has 1 aliphatic heterocycles. The Labute approximate surface area is 155 Å². The van der Waals surface area contributed by atoms with Crippen molar-refractivity contribution in [2.75, 3.05) is 36.5 Å². The second-order valence-electron chi connectivity index (χ2n) is 7.08. The molecule has 2 heterocycles. The molecular formula is C21H27N3O2. The molecule has 0 radical (unpaired) electrons. The number of amides is 1. The van der Waals surface area contributed by atoms with Crippen molar-refractivity contribution in [1.82, 2.24) is 4.98 Å². The van der Waals surface area contributed by atoms with Crippen LogP contribution in [0.1, 0.15) is 27.9 Å². The van der Waals surface area contributed by atoms with Gasteiger partial charge in [-0.05, 0) is 44.9 Å². The Balaban J connectivity index is 1.73. The lowest BCUT2D eigenvalue weighted by atomic mass is 10.0. The fourth-order valence-electron chi connectivity index (χ4n) is 3.49. The van der Waals surface area contributed by atoms with E-state index in [0.717, 1.165) is 54.6 Å². The highest BCUT2D eigenvalue weighted by molar-refractivity contribution is 5.93. The van der Waals surface area contributed by atoms with Crippen LogP contribution in [-0.4, -0.2) is 37.2 Å². The van der Waals surface area contributed by atoms with Gasteiger partial charge < -0.3 is 15.0 Å². The van der Waals surface area contributed by atoms with E-state index in [1.807, 2.05) is 19.9 Å². The quantitative estimate of drug-likeness (QED) is 0.916. The second-order valence-corrected chi connectivity index (χ2v) is 7.08. The van der Waals surface area contributed by atoms with Crippen molar-refractivity contribution in [1.29, 1.82) is 0 Å². The van der Waals surface area contributed by atoms with Gasteiger partial charge in [0.15, 0.2) is 0 Å². The monoisotopic (exact) mass is 353 g/mol. The van der Waals surface area contributed by atoms with Crippen molar-refractivity contribution in [3.8, 4) is 0 Å². The maximum Gasteiger partial charge on any atom is 0.228 e. The first-order chi connectivity index (χ1) is 12.4. The van der Waals surface area contributed by atoms with Crippen LogP contribution in [0.25, 0.3) is 0 Å². The van der Waals surface area contributed by atoms with Crippen molar-refractivity contribution in [2.24, 2.45) is 0 Å². The van der Waals surface area contributed by atoms with Crippen LogP contribution in [0.3, 0.4) is 0 Å².